The standard InChI is InChI=1S/C16H23NO9S2/c18-9-11-13(19)14(20)15(21)16(25-11)27-12(17-26-28(22,23)24)8-4-7-10-5-2-1-3-6-10/h1-3,5-6,11,13-16,18-21H,4,7-9H2,(H,22,23,24). The van der Waals surface area contributed by atoms with Crippen LogP contribution < -0.4 is 0 Å². The van der Waals surface area contributed by atoms with Crippen LogP contribution in [0.4, 0.5) is 0 Å². The zero-order valence-corrected chi connectivity index (χ0v) is 16.4. The average Bonchev–Trinajstić information content (AvgIpc) is 2.66. The first-order valence-corrected chi connectivity index (χ1v) is 10.7. The molecule has 1 aliphatic rings. The normalized spacial score (nSPS) is 28.9. The minimum atomic E-state index is -4.82. The van der Waals surface area contributed by atoms with Gasteiger partial charge in [-0.05, 0) is 24.8 Å². The molecule has 2 rings (SSSR count). The zero-order valence-electron chi connectivity index (χ0n) is 14.7. The lowest BCUT2D eigenvalue weighted by Gasteiger charge is -2.39. The highest BCUT2D eigenvalue weighted by molar-refractivity contribution is 8.14. The van der Waals surface area contributed by atoms with Crippen LogP contribution >= 0.6 is 11.8 Å². The fourth-order valence-corrected chi connectivity index (χ4v) is 3.94. The first-order valence-electron chi connectivity index (χ1n) is 8.45. The summed E-state index contributed by atoms with van der Waals surface area (Å²) in [6.07, 6.45) is -4.29. The van der Waals surface area contributed by atoms with E-state index in [9.17, 15) is 28.8 Å². The number of hydrogen-bond acceptors (Lipinski definition) is 10. The molecule has 0 radical (unpaired) electrons. The summed E-state index contributed by atoms with van der Waals surface area (Å²) in [7, 11) is -4.82. The van der Waals surface area contributed by atoms with Gasteiger partial charge in [-0.1, -0.05) is 47.2 Å². The maximum absolute atomic E-state index is 10.8. The van der Waals surface area contributed by atoms with Crippen molar-refractivity contribution in [2.24, 2.45) is 5.16 Å². The fourth-order valence-electron chi connectivity index (χ4n) is 2.60. The van der Waals surface area contributed by atoms with E-state index in [0.717, 1.165) is 17.3 Å². The molecule has 1 fully saturated rings. The lowest BCUT2D eigenvalue weighted by molar-refractivity contribution is -0.205. The van der Waals surface area contributed by atoms with Gasteiger partial charge in [-0.3, -0.25) is 4.55 Å². The number of aliphatic hydroxyl groups is 4. The summed E-state index contributed by atoms with van der Waals surface area (Å²) in [5, 5.41) is 42.5. The number of thioether (sulfide) groups is 1. The van der Waals surface area contributed by atoms with Crippen molar-refractivity contribution in [3.63, 3.8) is 0 Å². The Morgan fingerprint density at radius 2 is 1.82 bits per heavy atom. The monoisotopic (exact) mass is 437 g/mol. The molecule has 5 N–H and O–H groups in total. The molecule has 1 heterocycles. The van der Waals surface area contributed by atoms with Crippen molar-refractivity contribution in [2.75, 3.05) is 6.61 Å². The number of nitrogens with zero attached hydrogens (tertiary/aromatic N) is 1. The van der Waals surface area contributed by atoms with Crippen molar-refractivity contribution in [3.8, 4) is 0 Å². The first-order chi connectivity index (χ1) is 13.2. The van der Waals surface area contributed by atoms with E-state index < -0.39 is 46.9 Å². The van der Waals surface area contributed by atoms with Crippen LogP contribution in [0, 0.1) is 0 Å². The number of benzene rings is 1. The number of rotatable bonds is 8. The third-order valence-corrected chi connectivity index (χ3v) is 5.47. The maximum atomic E-state index is 10.8. The van der Waals surface area contributed by atoms with Gasteiger partial charge in [-0.15, -0.1) is 0 Å². The Hall–Kier alpha value is -1.25. The second-order valence-electron chi connectivity index (χ2n) is 6.14. The van der Waals surface area contributed by atoms with E-state index >= 15 is 0 Å². The quantitative estimate of drug-likeness (QED) is 0.157. The smallest absolute Gasteiger partial charge is 0.394 e. The minimum Gasteiger partial charge on any atom is -0.394 e. The average molecular weight is 437 g/mol. The second-order valence-corrected chi connectivity index (χ2v) is 8.32. The van der Waals surface area contributed by atoms with E-state index in [1.807, 2.05) is 30.3 Å². The third-order valence-electron chi connectivity index (χ3n) is 4.03. The molecule has 0 saturated carbocycles. The molecule has 158 valence electrons. The molecule has 10 nitrogen and oxygen atoms in total. The lowest BCUT2D eigenvalue weighted by Crippen LogP contribution is -2.57. The van der Waals surface area contributed by atoms with E-state index in [0.29, 0.717) is 12.8 Å². The van der Waals surface area contributed by atoms with Crippen molar-refractivity contribution in [3.05, 3.63) is 35.9 Å². The molecule has 1 aliphatic heterocycles. The van der Waals surface area contributed by atoms with Crippen LogP contribution in [0.15, 0.2) is 35.5 Å². The Morgan fingerprint density at radius 1 is 1.14 bits per heavy atom. The van der Waals surface area contributed by atoms with Gasteiger partial charge in [0.25, 0.3) is 0 Å². The van der Waals surface area contributed by atoms with Gasteiger partial charge in [-0.2, -0.15) is 8.42 Å². The van der Waals surface area contributed by atoms with Crippen LogP contribution in [-0.2, 0) is 25.8 Å². The van der Waals surface area contributed by atoms with Crippen molar-refractivity contribution in [1.82, 2.24) is 0 Å². The van der Waals surface area contributed by atoms with Gasteiger partial charge in [0.15, 0.2) is 0 Å². The molecule has 28 heavy (non-hydrogen) atoms. The summed E-state index contributed by atoms with van der Waals surface area (Å²) in [6.45, 7) is -0.593. The van der Waals surface area contributed by atoms with Crippen LogP contribution in [0.2, 0.25) is 0 Å². The molecule has 1 aromatic rings. The number of hydrogen-bond donors (Lipinski definition) is 5. The highest BCUT2D eigenvalue weighted by Crippen LogP contribution is 2.30. The Labute approximate surface area is 166 Å². The van der Waals surface area contributed by atoms with Crippen LogP contribution in [-0.4, -0.2) is 74.9 Å². The predicted molar refractivity (Wildman–Crippen MR) is 101 cm³/mol. The summed E-state index contributed by atoms with van der Waals surface area (Å²) in [4.78, 5) is 0. The molecule has 12 heteroatoms. The van der Waals surface area contributed by atoms with Crippen molar-refractivity contribution in [1.29, 1.82) is 0 Å². The number of aliphatic hydroxyl groups excluding tert-OH is 4. The Kier molecular flexibility index (Phi) is 8.64. The Balaban J connectivity index is 2.05. The van der Waals surface area contributed by atoms with E-state index in [-0.39, 0.29) is 11.5 Å². The third kappa shape index (κ3) is 6.97. The summed E-state index contributed by atoms with van der Waals surface area (Å²) in [5.74, 6) is 0. The maximum Gasteiger partial charge on any atom is 0.466 e. The van der Waals surface area contributed by atoms with Crippen LogP contribution in [0.25, 0.3) is 0 Å². The molecule has 5 atom stereocenters. The largest absolute Gasteiger partial charge is 0.466 e. The molecule has 1 saturated heterocycles. The van der Waals surface area contributed by atoms with Crippen molar-refractivity contribution < 1.29 is 42.4 Å². The van der Waals surface area contributed by atoms with Gasteiger partial charge >= 0.3 is 10.4 Å². The van der Waals surface area contributed by atoms with Gasteiger partial charge < -0.3 is 25.2 Å². The van der Waals surface area contributed by atoms with Gasteiger partial charge in [0.05, 0.1) is 6.61 Å². The topological polar surface area (TPSA) is 166 Å². The number of oxime groups is 1. The van der Waals surface area contributed by atoms with Crippen molar-refractivity contribution >= 4 is 27.2 Å². The summed E-state index contributed by atoms with van der Waals surface area (Å²) in [5.41, 5.74) is -0.0913. The summed E-state index contributed by atoms with van der Waals surface area (Å²) >= 11 is 0.769. The lowest BCUT2D eigenvalue weighted by atomic mass is 10.0. The predicted octanol–water partition coefficient (Wildman–Crippen LogP) is -0.325. The highest BCUT2D eigenvalue weighted by Gasteiger charge is 2.44. The molecular weight excluding hydrogens is 414 g/mol. The summed E-state index contributed by atoms with van der Waals surface area (Å²) < 4.78 is 39.8. The van der Waals surface area contributed by atoms with Gasteiger partial charge in [0, 0.05) is 0 Å². The molecular formula is C16H23NO9S2. The number of aryl methyl sites for hydroxylation is 1. The Bertz CT molecular complexity index is 742. The Morgan fingerprint density at radius 3 is 2.43 bits per heavy atom. The zero-order chi connectivity index (χ0) is 20.7. The molecule has 5 unspecified atom stereocenters. The van der Waals surface area contributed by atoms with Crippen molar-refractivity contribution in [2.45, 2.75) is 49.1 Å². The second kappa shape index (κ2) is 10.5. The summed E-state index contributed by atoms with van der Waals surface area (Å²) in [6, 6.07) is 9.50. The van der Waals surface area contributed by atoms with Gasteiger partial charge in [0.1, 0.15) is 34.9 Å². The van der Waals surface area contributed by atoms with Crippen LogP contribution in [0.5, 0.6) is 0 Å². The molecule has 0 spiro atoms. The van der Waals surface area contributed by atoms with E-state index in [1.54, 1.807) is 0 Å². The van der Waals surface area contributed by atoms with E-state index in [4.69, 9.17) is 9.29 Å². The van der Waals surface area contributed by atoms with E-state index in [1.165, 1.54) is 0 Å². The molecule has 1 aromatic carbocycles. The minimum absolute atomic E-state index is 0.0814. The van der Waals surface area contributed by atoms with E-state index in [2.05, 4.69) is 9.44 Å². The highest BCUT2D eigenvalue weighted by atomic mass is 32.3. The SMILES string of the molecule is O=S(=O)(O)ON=C(CCCc1ccccc1)SC1OC(CO)C(O)C(O)C1O. The van der Waals surface area contributed by atoms with Gasteiger partial charge in [-0.25, -0.2) is 4.28 Å². The first kappa shape index (κ1) is 23.0. The van der Waals surface area contributed by atoms with Crippen LogP contribution in [0.3, 0.4) is 0 Å². The van der Waals surface area contributed by atoms with Crippen LogP contribution in [0.1, 0.15) is 18.4 Å². The molecule has 0 aromatic heterocycles. The molecule has 0 amide bonds. The fraction of sp³-hybridized carbons (Fsp3) is 0.562. The van der Waals surface area contributed by atoms with Gasteiger partial charge in [0.2, 0.25) is 0 Å². The molecule has 0 aliphatic carbocycles. The molecule has 0 bridgehead atoms. The number of ether oxygens (including phenoxy) is 1.